The molecule has 0 aromatic carbocycles. The molecular weight excluding hydrogens is 484 g/mol. The van der Waals surface area contributed by atoms with Crippen LogP contribution < -0.4 is 0 Å². The number of esters is 2. The van der Waals surface area contributed by atoms with E-state index >= 15 is 0 Å². The summed E-state index contributed by atoms with van der Waals surface area (Å²) in [4.78, 5) is 34.9. The van der Waals surface area contributed by atoms with Gasteiger partial charge in [-0.05, 0) is 105 Å². The highest BCUT2D eigenvalue weighted by Crippen LogP contribution is 2.70. The molecule has 1 aliphatic heterocycles. The number of carbonyl (C=O) groups is 3. The average molecular weight is 531 g/mol. The summed E-state index contributed by atoms with van der Waals surface area (Å²) >= 11 is 0. The van der Waals surface area contributed by atoms with E-state index < -0.39 is 11.6 Å². The number of ether oxygens (including phenoxy) is 2. The van der Waals surface area contributed by atoms with Gasteiger partial charge in [0.15, 0.2) is 0 Å². The van der Waals surface area contributed by atoms with E-state index in [2.05, 4.69) is 13.8 Å². The summed E-state index contributed by atoms with van der Waals surface area (Å²) in [6.45, 7) is 5.09. The van der Waals surface area contributed by atoms with Crippen LogP contribution in [0.4, 0.5) is 0 Å². The average Bonchev–Trinajstić information content (AvgIpc) is 3.41. The van der Waals surface area contributed by atoms with Gasteiger partial charge < -0.3 is 19.7 Å². The van der Waals surface area contributed by atoms with Gasteiger partial charge in [0.2, 0.25) is 0 Å². The minimum Gasteiger partial charge on any atom is -0.481 e. The predicted molar refractivity (Wildman–Crippen MR) is 141 cm³/mol. The van der Waals surface area contributed by atoms with Crippen LogP contribution in [0.5, 0.6) is 0 Å². The molecule has 2 unspecified atom stereocenters. The number of carboxylic acids is 1. The van der Waals surface area contributed by atoms with Gasteiger partial charge in [0.1, 0.15) is 12.7 Å². The van der Waals surface area contributed by atoms with Gasteiger partial charge in [-0.3, -0.25) is 9.59 Å². The molecule has 7 nitrogen and oxygen atoms in total. The zero-order chi connectivity index (χ0) is 27.1. The summed E-state index contributed by atoms with van der Waals surface area (Å²) in [5.74, 6) is 0.379. The van der Waals surface area contributed by atoms with Crippen molar-refractivity contribution in [3.63, 3.8) is 0 Å². The summed E-state index contributed by atoms with van der Waals surface area (Å²) in [5.41, 5.74) is 0.331. The largest absolute Gasteiger partial charge is 0.481 e. The number of unbranched alkanes of at least 4 members (excludes halogenated alkanes) is 3. The van der Waals surface area contributed by atoms with Crippen molar-refractivity contribution in [1.29, 1.82) is 0 Å². The molecule has 7 heteroatoms. The molecule has 4 saturated carbocycles. The van der Waals surface area contributed by atoms with Crippen molar-refractivity contribution >= 4 is 17.9 Å². The first-order valence-electron chi connectivity index (χ1n) is 15.1. The van der Waals surface area contributed by atoms with Gasteiger partial charge in [-0.1, -0.05) is 26.7 Å². The number of aliphatic carboxylic acids is 1. The van der Waals surface area contributed by atoms with Gasteiger partial charge in [0.05, 0.1) is 5.60 Å². The maximum atomic E-state index is 12.5. The fourth-order valence-electron chi connectivity index (χ4n) is 9.62. The standard InChI is InChI=1S/C31H46O7/c1-29-14-11-22(38-27(34)8-6-4-3-5-7-26(32)33)18-21(29)9-10-25-24(29)12-15-30(2)23(13-16-31(25,30)36)20-17-28(35)37-19-20/h17,21-25,36H,3-16,18-19H2,1-2H3,(H,32,33)/t21?,22-,23+,24?,25+,29-,30+,31-/m0/s1. The van der Waals surface area contributed by atoms with Crippen molar-refractivity contribution in [2.24, 2.45) is 34.5 Å². The van der Waals surface area contributed by atoms with Crippen LogP contribution in [-0.2, 0) is 23.9 Å². The highest BCUT2D eigenvalue weighted by Gasteiger charge is 2.67. The number of rotatable bonds is 9. The molecule has 212 valence electrons. The SMILES string of the molecule is C[C@]12CC[C@H](OC(=O)CCCCCCC(=O)O)CC1CC[C@@H]1C2CC[C@]2(C)[C@@H](C3=CC(=O)OC3)CC[C@]12O. The maximum absolute atomic E-state index is 12.5. The van der Waals surface area contributed by atoms with Crippen molar-refractivity contribution in [3.8, 4) is 0 Å². The van der Waals surface area contributed by atoms with E-state index in [-0.39, 0.29) is 47.1 Å². The number of carboxylic acid groups (broad SMARTS) is 1. The zero-order valence-corrected chi connectivity index (χ0v) is 23.2. The molecule has 5 rings (SSSR count). The molecule has 4 aliphatic carbocycles. The summed E-state index contributed by atoms with van der Waals surface area (Å²) < 4.78 is 11.2. The number of hydrogen-bond acceptors (Lipinski definition) is 6. The smallest absolute Gasteiger partial charge is 0.331 e. The number of cyclic esters (lactones) is 1. The molecule has 0 aromatic heterocycles. The molecule has 0 spiro atoms. The first kappa shape index (κ1) is 27.7. The lowest BCUT2D eigenvalue weighted by Gasteiger charge is -2.63. The Bertz CT molecular complexity index is 973. The minimum atomic E-state index is -0.763. The van der Waals surface area contributed by atoms with E-state index in [1.165, 1.54) is 0 Å². The third kappa shape index (κ3) is 4.82. The first-order chi connectivity index (χ1) is 18.1. The Kier molecular flexibility index (Phi) is 7.71. The van der Waals surface area contributed by atoms with Crippen LogP contribution in [0.25, 0.3) is 0 Å². The van der Waals surface area contributed by atoms with Gasteiger partial charge >= 0.3 is 17.9 Å². The second kappa shape index (κ2) is 10.6. The van der Waals surface area contributed by atoms with Gasteiger partial charge in [-0.15, -0.1) is 0 Å². The van der Waals surface area contributed by atoms with Gasteiger partial charge in [0.25, 0.3) is 0 Å². The number of fused-ring (bicyclic) bond motifs is 5. The van der Waals surface area contributed by atoms with E-state index in [0.29, 0.717) is 31.3 Å². The fourth-order valence-corrected chi connectivity index (χ4v) is 9.62. The molecule has 38 heavy (non-hydrogen) atoms. The number of aliphatic hydroxyl groups is 1. The summed E-state index contributed by atoms with van der Waals surface area (Å²) in [7, 11) is 0. The Balaban J connectivity index is 1.17. The fraction of sp³-hybridized carbons (Fsp3) is 0.839. The lowest BCUT2D eigenvalue weighted by molar-refractivity contribution is -0.210. The Morgan fingerprint density at radius 3 is 2.45 bits per heavy atom. The van der Waals surface area contributed by atoms with Crippen molar-refractivity contribution in [3.05, 3.63) is 11.6 Å². The molecule has 1 heterocycles. The molecule has 0 amide bonds. The van der Waals surface area contributed by atoms with Crippen LogP contribution in [0.2, 0.25) is 0 Å². The molecule has 2 N–H and O–H groups in total. The molecule has 5 aliphatic rings. The number of hydrogen-bond donors (Lipinski definition) is 2. The molecular formula is C31H46O7. The highest BCUT2D eigenvalue weighted by molar-refractivity contribution is 5.85. The lowest BCUT2D eigenvalue weighted by Crippen LogP contribution is -2.62. The monoisotopic (exact) mass is 530 g/mol. The van der Waals surface area contributed by atoms with Crippen LogP contribution >= 0.6 is 0 Å². The van der Waals surface area contributed by atoms with Crippen LogP contribution in [0, 0.1) is 34.5 Å². The molecule has 8 atom stereocenters. The minimum absolute atomic E-state index is 0.0104. The Morgan fingerprint density at radius 1 is 0.974 bits per heavy atom. The lowest BCUT2D eigenvalue weighted by atomic mass is 9.43. The van der Waals surface area contributed by atoms with E-state index in [0.717, 1.165) is 82.6 Å². The zero-order valence-electron chi connectivity index (χ0n) is 23.2. The van der Waals surface area contributed by atoms with E-state index in [4.69, 9.17) is 14.6 Å². The van der Waals surface area contributed by atoms with Crippen molar-refractivity contribution in [2.45, 2.75) is 122 Å². The second-order valence-electron chi connectivity index (χ2n) is 13.5. The summed E-state index contributed by atoms with van der Waals surface area (Å²) in [6.07, 6.45) is 14.2. The van der Waals surface area contributed by atoms with E-state index in [9.17, 15) is 19.5 Å². The topological polar surface area (TPSA) is 110 Å². The van der Waals surface area contributed by atoms with E-state index in [1.54, 1.807) is 6.08 Å². The maximum Gasteiger partial charge on any atom is 0.331 e. The van der Waals surface area contributed by atoms with E-state index in [1.807, 2.05) is 0 Å². The first-order valence-corrected chi connectivity index (χ1v) is 15.1. The molecule has 0 aromatic rings. The van der Waals surface area contributed by atoms with Crippen molar-refractivity contribution in [2.75, 3.05) is 6.61 Å². The van der Waals surface area contributed by atoms with Crippen LogP contribution in [-0.4, -0.2) is 46.4 Å². The normalized spacial score (nSPS) is 41.9. The van der Waals surface area contributed by atoms with Crippen molar-refractivity contribution in [1.82, 2.24) is 0 Å². The molecule has 0 bridgehead atoms. The Labute approximate surface area is 226 Å². The highest BCUT2D eigenvalue weighted by atomic mass is 16.5. The van der Waals surface area contributed by atoms with Gasteiger partial charge in [0, 0.05) is 24.3 Å². The molecule has 0 saturated heterocycles. The number of carbonyl (C=O) groups excluding carboxylic acids is 2. The Hall–Kier alpha value is -1.89. The second-order valence-corrected chi connectivity index (χ2v) is 13.5. The molecule has 4 fully saturated rings. The third-order valence-electron chi connectivity index (χ3n) is 11.8. The third-order valence-corrected chi connectivity index (χ3v) is 11.8. The Morgan fingerprint density at radius 2 is 1.74 bits per heavy atom. The van der Waals surface area contributed by atoms with Crippen LogP contribution in [0.3, 0.4) is 0 Å². The predicted octanol–water partition coefficient (Wildman–Crippen LogP) is 5.58. The van der Waals surface area contributed by atoms with Crippen LogP contribution in [0.15, 0.2) is 11.6 Å². The quantitative estimate of drug-likeness (QED) is 0.296. The molecule has 0 radical (unpaired) electrons. The van der Waals surface area contributed by atoms with Gasteiger partial charge in [-0.25, -0.2) is 4.79 Å². The van der Waals surface area contributed by atoms with Crippen LogP contribution in [0.1, 0.15) is 110 Å². The van der Waals surface area contributed by atoms with Crippen molar-refractivity contribution < 1.29 is 34.1 Å². The summed E-state index contributed by atoms with van der Waals surface area (Å²) in [5, 5.41) is 21.1. The van der Waals surface area contributed by atoms with Gasteiger partial charge in [-0.2, -0.15) is 0 Å². The summed E-state index contributed by atoms with van der Waals surface area (Å²) in [6, 6.07) is 0.